The predicted octanol–water partition coefficient (Wildman–Crippen LogP) is 1.74. The van der Waals surface area contributed by atoms with Gasteiger partial charge < -0.3 is 5.32 Å². The maximum Gasteiger partial charge on any atom is 0.107 e. The molecule has 0 radical (unpaired) electrons. The normalized spacial score (nSPS) is 17.2. The second-order valence-electron chi connectivity index (χ2n) is 2.97. The molecule has 0 bridgehead atoms. The van der Waals surface area contributed by atoms with Gasteiger partial charge in [-0.2, -0.15) is 0 Å². The van der Waals surface area contributed by atoms with Crippen molar-refractivity contribution in [2.45, 2.75) is 25.3 Å². The molecule has 1 aromatic heterocycles. The van der Waals surface area contributed by atoms with E-state index in [4.69, 9.17) is 0 Å². The Morgan fingerprint density at radius 1 is 1.73 bits per heavy atom. The number of nitrogens with one attached hydrogen (secondary N) is 1. The number of thiazole rings is 1. The zero-order valence-corrected chi connectivity index (χ0v) is 7.45. The average molecular weight is 168 g/mol. The molecule has 0 atom stereocenters. The highest BCUT2D eigenvalue weighted by Gasteiger charge is 2.25. The van der Waals surface area contributed by atoms with Crippen molar-refractivity contribution in [1.82, 2.24) is 10.3 Å². The van der Waals surface area contributed by atoms with E-state index in [1.165, 1.54) is 23.5 Å². The average Bonchev–Trinajstić information content (AvgIpc) is 2.75. The highest BCUT2D eigenvalue weighted by atomic mass is 32.1. The summed E-state index contributed by atoms with van der Waals surface area (Å²) in [5.74, 6) is 0.803. The number of rotatable bonds is 3. The summed E-state index contributed by atoms with van der Waals surface area (Å²) < 4.78 is 0. The first-order valence-corrected chi connectivity index (χ1v) is 4.87. The summed E-state index contributed by atoms with van der Waals surface area (Å²) in [5, 5.41) is 6.52. The standard InChI is InChI=1S/C8H12N2S/c1-9-4-8-10-7(5-11-8)6-2-3-6/h5-6,9H,2-4H2,1H3. The molecule has 0 spiro atoms. The lowest BCUT2D eigenvalue weighted by molar-refractivity contribution is 0.803. The Morgan fingerprint density at radius 3 is 3.18 bits per heavy atom. The molecule has 3 heteroatoms. The highest BCUT2D eigenvalue weighted by Crippen LogP contribution is 2.40. The summed E-state index contributed by atoms with van der Waals surface area (Å²) in [4.78, 5) is 4.52. The molecule has 1 aliphatic carbocycles. The van der Waals surface area contributed by atoms with E-state index in [2.05, 4.69) is 15.7 Å². The minimum absolute atomic E-state index is 0.803. The van der Waals surface area contributed by atoms with Gasteiger partial charge in [0.15, 0.2) is 0 Å². The maximum atomic E-state index is 4.52. The first kappa shape index (κ1) is 7.25. The Morgan fingerprint density at radius 2 is 2.55 bits per heavy atom. The Bertz CT molecular complexity index is 240. The highest BCUT2D eigenvalue weighted by molar-refractivity contribution is 7.09. The fourth-order valence-electron chi connectivity index (χ4n) is 1.12. The van der Waals surface area contributed by atoms with Crippen molar-refractivity contribution in [3.63, 3.8) is 0 Å². The van der Waals surface area contributed by atoms with Crippen molar-refractivity contribution in [3.05, 3.63) is 16.1 Å². The molecule has 1 heterocycles. The second-order valence-corrected chi connectivity index (χ2v) is 3.91. The van der Waals surface area contributed by atoms with Gasteiger partial charge in [-0.3, -0.25) is 0 Å². The maximum absolute atomic E-state index is 4.52. The first-order valence-electron chi connectivity index (χ1n) is 3.99. The van der Waals surface area contributed by atoms with Gasteiger partial charge in [0.2, 0.25) is 0 Å². The van der Waals surface area contributed by atoms with E-state index in [0.29, 0.717) is 0 Å². The van der Waals surface area contributed by atoms with Gasteiger partial charge in [0, 0.05) is 17.8 Å². The minimum atomic E-state index is 0.803. The van der Waals surface area contributed by atoms with Crippen LogP contribution in [0.25, 0.3) is 0 Å². The summed E-state index contributed by atoms with van der Waals surface area (Å²) >= 11 is 1.77. The fraction of sp³-hybridized carbons (Fsp3) is 0.625. The van der Waals surface area contributed by atoms with Crippen LogP contribution in [0.2, 0.25) is 0 Å². The third-order valence-electron chi connectivity index (χ3n) is 1.89. The van der Waals surface area contributed by atoms with Crippen LogP contribution in [-0.2, 0) is 6.54 Å². The third-order valence-corrected chi connectivity index (χ3v) is 2.76. The second kappa shape index (κ2) is 2.91. The molecule has 60 valence electrons. The quantitative estimate of drug-likeness (QED) is 0.743. The van der Waals surface area contributed by atoms with Crippen molar-refractivity contribution < 1.29 is 0 Å². The summed E-state index contributed by atoms with van der Waals surface area (Å²) in [6.07, 6.45) is 2.70. The van der Waals surface area contributed by atoms with Crippen molar-refractivity contribution in [1.29, 1.82) is 0 Å². The minimum Gasteiger partial charge on any atom is -0.314 e. The Balaban J connectivity index is 2.06. The third kappa shape index (κ3) is 1.60. The van der Waals surface area contributed by atoms with Crippen LogP contribution >= 0.6 is 11.3 Å². The van der Waals surface area contributed by atoms with Crippen LogP contribution in [0.4, 0.5) is 0 Å². The lowest BCUT2D eigenvalue weighted by Gasteiger charge is -1.90. The van der Waals surface area contributed by atoms with Gasteiger partial charge in [-0.15, -0.1) is 11.3 Å². The molecule has 0 amide bonds. The van der Waals surface area contributed by atoms with E-state index >= 15 is 0 Å². The van der Waals surface area contributed by atoms with Gasteiger partial charge in [0.1, 0.15) is 5.01 Å². The summed E-state index contributed by atoms with van der Waals surface area (Å²) in [7, 11) is 1.96. The molecular formula is C8H12N2S. The SMILES string of the molecule is CNCc1nc(C2CC2)cs1. The van der Waals surface area contributed by atoms with Crippen LogP contribution in [0.15, 0.2) is 5.38 Å². The van der Waals surface area contributed by atoms with E-state index in [1.807, 2.05) is 7.05 Å². The van der Waals surface area contributed by atoms with Gasteiger partial charge in [-0.1, -0.05) is 0 Å². The summed E-state index contributed by atoms with van der Waals surface area (Å²) in [6.45, 7) is 0.914. The molecule has 1 aromatic rings. The van der Waals surface area contributed by atoms with E-state index in [0.717, 1.165) is 12.5 Å². The van der Waals surface area contributed by atoms with Crippen LogP contribution in [0.3, 0.4) is 0 Å². The van der Waals surface area contributed by atoms with Crippen molar-refractivity contribution in [3.8, 4) is 0 Å². The topological polar surface area (TPSA) is 24.9 Å². The van der Waals surface area contributed by atoms with Crippen molar-refractivity contribution in [2.24, 2.45) is 0 Å². The van der Waals surface area contributed by atoms with E-state index < -0.39 is 0 Å². The molecule has 0 aromatic carbocycles. The zero-order chi connectivity index (χ0) is 7.68. The monoisotopic (exact) mass is 168 g/mol. The Hall–Kier alpha value is -0.410. The lowest BCUT2D eigenvalue weighted by Crippen LogP contribution is -2.04. The number of hydrogen-bond acceptors (Lipinski definition) is 3. The summed E-state index contributed by atoms with van der Waals surface area (Å²) in [6, 6.07) is 0. The van der Waals surface area contributed by atoms with Crippen LogP contribution in [0, 0.1) is 0 Å². The molecule has 1 fully saturated rings. The number of hydrogen-bond donors (Lipinski definition) is 1. The number of nitrogens with zero attached hydrogens (tertiary/aromatic N) is 1. The predicted molar refractivity (Wildman–Crippen MR) is 46.9 cm³/mol. The Kier molecular flexibility index (Phi) is 1.92. The molecule has 0 aliphatic heterocycles. The molecule has 11 heavy (non-hydrogen) atoms. The van der Waals surface area contributed by atoms with Crippen molar-refractivity contribution in [2.75, 3.05) is 7.05 Å². The summed E-state index contributed by atoms with van der Waals surface area (Å²) in [5.41, 5.74) is 1.32. The molecule has 2 nitrogen and oxygen atoms in total. The van der Waals surface area contributed by atoms with Gasteiger partial charge in [-0.25, -0.2) is 4.98 Å². The molecule has 0 saturated heterocycles. The van der Waals surface area contributed by atoms with Gasteiger partial charge in [0.05, 0.1) is 5.69 Å². The number of aromatic nitrogens is 1. The van der Waals surface area contributed by atoms with E-state index in [1.54, 1.807) is 11.3 Å². The molecule has 1 saturated carbocycles. The van der Waals surface area contributed by atoms with Crippen molar-refractivity contribution >= 4 is 11.3 Å². The van der Waals surface area contributed by atoms with E-state index in [-0.39, 0.29) is 0 Å². The van der Waals surface area contributed by atoms with Crippen LogP contribution in [-0.4, -0.2) is 12.0 Å². The van der Waals surface area contributed by atoms with Gasteiger partial charge in [-0.05, 0) is 19.9 Å². The lowest BCUT2D eigenvalue weighted by atomic mass is 10.3. The molecular weight excluding hydrogens is 156 g/mol. The smallest absolute Gasteiger partial charge is 0.107 e. The first-order chi connectivity index (χ1) is 5.40. The van der Waals surface area contributed by atoms with Gasteiger partial charge >= 0.3 is 0 Å². The van der Waals surface area contributed by atoms with Crippen LogP contribution < -0.4 is 5.32 Å². The van der Waals surface area contributed by atoms with Gasteiger partial charge in [0.25, 0.3) is 0 Å². The molecule has 1 N–H and O–H groups in total. The molecule has 1 aliphatic rings. The molecule has 2 rings (SSSR count). The zero-order valence-electron chi connectivity index (χ0n) is 6.63. The Labute approximate surface area is 70.7 Å². The van der Waals surface area contributed by atoms with Crippen LogP contribution in [0.5, 0.6) is 0 Å². The van der Waals surface area contributed by atoms with Crippen LogP contribution in [0.1, 0.15) is 29.5 Å². The largest absolute Gasteiger partial charge is 0.314 e. The fourth-order valence-corrected chi connectivity index (χ4v) is 2.01. The molecule has 0 unspecified atom stereocenters. The van der Waals surface area contributed by atoms with E-state index in [9.17, 15) is 0 Å².